The molecule has 0 aliphatic carbocycles. The fourth-order valence-corrected chi connectivity index (χ4v) is 2.80. The fraction of sp³-hybridized carbons (Fsp3) is 1.00. The molecule has 0 aromatic rings. The molecule has 72 valence electrons. The van der Waals surface area contributed by atoms with E-state index in [4.69, 9.17) is 11.6 Å². The Morgan fingerprint density at radius 3 is 2.67 bits per heavy atom. The Kier molecular flexibility index (Phi) is 3.37. The Morgan fingerprint density at radius 1 is 1.58 bits per heavy atom. The van der Waals surface area contributed by atoms with Crippen LogP contribution < -0.4 is 0 Å². The van der Waals surface area contributed by atoms with Crippen molar-refractivity contribution in [2.24, 2.45) is 5.92 Å². The SMILES string of the molecule is CCS(=O)(=O)N1CCC(CCl)C1. The minimum absolute atomic E-state index is 0.196. The Balaban J connectivity index is 2.58. The lowest BCUT2D eigenvalue weighted by atomic mass is 10.2. The zero-order valence-corrected chi connectivity index (χ0v) is 8.74. The monoisotopic (exact) mass is 211 g/mol. The molecular formula is C7H14ClNO2S. The first-order valence-corrected chi connectivity index (χ1v) is 6.28. The lowest BCUT2D eigenvalue weighted by Gasteiger charge is -2.14. The van der Waals surface area contributed by atoms with Crippen LogP contribution in [0.3, 0.4) is 0 Å². The van der Waals surface area contributed by atoms with Crippen molar-refractivity contribution in [2.45, 2.75) is 13.3 Å². The first-order chi connectivity index (χ1) is 5.60. The van der Waals surface area contributed by atoms with Crippen LogP contribution >= 0.6 is 11.6 Å². The van der Waals surface area contributed by atoms with Crippen LogP contribution in [0.4, 0.5) is 0 Å². The van der Waals surface area contributed by atoms with E-state index in [1.807, 2.05) is 0 Å². The number of hydrogen-bond acceptors (Lipinski definition) is 2. The van der Waals surface area contributed by atoms with Gasteiger partial charge in [-0.3, -0.25) is 0 Å². The summed E-state index contributed by atoms with van der Waals surface area (Å²) < 4.78 is 24.2. The predicted molar refractivity (Wildman–Crippen MR) is 49.9 cm³/mol. The van der Waals surface area contributed by atoms with Gasteiger partial charge in [-0.15, -0.1) is 11.6 Å². The summed E-state index contributed by atoms with van der Waals surface area (Å²) in [4.78, 5) is 0. The van der Waals surface area contributed by atoms with E-state index in [-0.39, 0.29) is 5.75 Å². The van der Waals surface area contributed by atoms with E-state index in [2.05, 4.69) is 0 Å². The molecule has 1 atom stereocenters. The summed E-state index contributed by atoms with van der Waals surface area (Å²) in [5.41, 5.74) is 0. The van der Waals surface area contributed by atoms with Gasteiger partial charge in [-0.1, -0.05) is 0 Å². The van der Waals surface area contributed by atoms with E-state index < -0.39 is 10.0 Å². The highest BCUT2D eigenvalue weighted by molar-refractivity contribution is 7.89. The van der Waals surface area contributed by atoms with E-state index in [9.17, 15) is 8.42 Å². The fourth-order valence-electron chi connectivity index (χ4n) is 1.36. The molecule has 1 fully saturated rings. The summed E-state index contributed by atoms with van der Waals surface area (Å²) in [6, 6.07) is 0. The number of sulfonamides is 1. The third-order valence-corrected chi connectivity index (χ3v) is 4.51. The van der Waals surface area contributed by atoms with Crippen molar-refractivity contribution in [3.05, 3.63) is 0 Å². The second-order valence-electron chi connectivity index (χ2n) is 3.07. The molecule has 0 amide bonds. The molecule has 0 aromatic carbocycles. The summed E-state index contributed by atoms with van der Waals surface area (Å²) in [7, 11) is -2.97. The Bertz CT molecular complexity index is 240. The van der Waals surface area contributed by atoms with Crippen LogP contribution in [-0.2, 0) is 10.0 Å². The van der Waals surface area contributed by atoms with Crippen molar-refractivity contribution in [1.82, 2.24) is 4.31 Å². The molecule has 0 N–H and O–H groups in total. The van der Waals surface area contributed by atoms with Gasteiger partial charge in [0.25, 0.3) is 0 Å². The maximum Gasteiger partial charge on any atom is 0.213 e. The molecule has 1 unspecified atom stereocenters. The molecule has 1 saturated heterocycles. The molecule has 1 aliphatic heterocycles. The molecule has 0 saturated carbocycles. The van der Waals surface area contributed by atoms with Crippen molar-refractivity contribution in [2.75, 3.05) is 24.7 Å². The van der Waals surface area contributed by atoms with Gasteiger partial charge in [0, 0.05) is 19.0 Å². The third kappa shape index (κ3) is 2.12. The second-order valence-corrected chi connectivity index (χ2v) is 5.63. The molecule has 1 heterocycles. The van der Waals surface area contributed by atoms with Crippen LogP contribution in [0.1, 0.15) is 13.3 Å². The van der Waals surface area contributed by atoms with Gasteiger partial charge < -0.3 is 0 Å². The molecule has 0 spiro atoms. The van der Waals surface area contributed by atoms with Crippen LogP contribution in [0, 0.1) is 5.92 Å². The van der Waals surface area contributed by atoms with Gasteiger partial charge in [0.1, 0.15) is 0 Å². The lowest BCUT2D eigenvalue weighted by Crippen LogP contribution is -2.30. The zero-order valence-electron chi connectivity index (χ0n) is 7.16. The second kappa shape index (κ2) is 3.94. The van der Waals surface area contributed by atoms with E-state index in [1.165, 1.54) is 0 Å². The first-order valence-electron chi connectivity index (χ1n) is 4.14. The van der Waals surface area contributed by atoms with Gasteiger partial charge >= 0.3 is 0 Å². The van der Waals surface area contributed by atoms with Crippen LogP contribution in [-0.4, -0.2) is 37.4 Å². The molecular weight excluding hydrogens is 198 g/mol. The van der Waals surface area contributed by atoms with E-state index >= 15 is 0 Å². The van der Waals surface area contributed by atoms with Crippen LogP contribution in [0.5, 0.6) is 0 Å². The van der Waals surface area contributed by atoms with Crippen LogP contribution in [0.15, 0.2) is 0 Å². The predicted octanol–water partition coefficient (Wildman–Crippen LogP) is 0.897. The highest BCUT2D eigenvalue weighted by Crippen LogP contribution is 2.20. The molecule has 0 aromatic heterocycles. The number of alkyl halides is 1. The molecule has 3 nitrogen and oxygen atoms in total. The maximum atomic E-state index is 11.3. The van der Waals surface area contributed by atoms with Gasteiger partial charge in [0.2, 0.25) is 10.0 Å². The standard InChI is InChI=1S/C7H14ClNO2S/c1-2-12(10,11)9-4-3-7(5-8)6-9/h7H,2-6H2,1H3. The average Bonchev–Trinajstić information content (AvgIpc) is 2.52. The number of hydrogen-bond donors (Lipinski definition) is 0. The van der Waals surface area contributed by atoms with Gasteiger partial charge in [0.15, 0.2) is 0 Å². The molecule has 1 rings (SSSR count). The quantitative estimate of drug-likeness (QED) is 0.651. The average molecular weight is 212 g/mol. The van der Waals surface area contributed by atoms with Gasteiger partial charge in [-0.25, -0.2) is 12.7 Å². The van der Waals surface area contributed by atoms with Crippen LogP contribution in [0.2, 0.25) is 0 Å². The summed E-state index contributed by atoms with van der Waals surface area (Å²) in [5, 5.41) is 0. The van der Waals surface area contributed by atoms with Gasteiger partial charge in [-0.05, 0) is 19.3 Å². The summed E-state index contributed by atoms with van der Waals surface area (Å²) >= 11 is 5.64. The Hall–Kier alpha value is 0.200. The highest BCUT2D eigenvalue weighted by Gasteiger charge is 2.29. The van der Waals surface area contributed by atoms with Crippen molar-refractivity contribution < 1.29 is 8.42 Å². The molecule has 0 radical (unpaired) electrons. The summed E-state index contributed by atoms with van der Waals surface area (Å²) in [6.07, 6.45) is 0.905. The minimum Gasteiger partial charge on any atom is -0.212 e. The first kappa shape index (κ1) is 10.3. The van der Waals surface area contributed by atoms with E-state index in [0.717, 1.165) is 6.42 Å². The topological polar surface area (TPSA) is 37.4 Å². The van der Waals surface area contributed by atoms with Crippen molar-refractivity contribution in [3.63, 3.8) is 0 Å². The highest BCUT2D eigenvalue weighted by atomic mass is 35.5. The summed E-state index contributed by atoms with van der Waals surface area (Å²) in [5.74, 6) is 1.12. The third-order valence-electron chi connectivity index (χ3n) is 2.22. The van der Waals surface area contributed by atoms with E-state index in [0.29, 0.717) is 24.9 Å². The summed E-state index contributed by atoms with van der Waals surface area (Å²) in [6.45, 7) is 2.93. The van der Waals surface area contributed by atoms with E-state index in [1.54, 1.807) is 11.2 Å². The zero-order chi connectivity index (χ0) is 9.19. The van der Waals surface area contributed by atoms with Crippen molar-refractivity contribution in [1.29, 1.82) is 0 Å². The Morgan fingerprint density at radius 2 is 2.25 bits per heavy atom. The number of rotatable bonds is 3. The van der Waals surface area contributed by atoms with Crippen molar-refractivity contribution >= 4 is 21.6 Å². The molecule has 0 bridgehead atoms. The van der Waals surface area contributed by atoms with Gasteiger partial charge in [-0.2, -0.15) is 0 Å². The number of nitrogens with zero attached hydrogens (tertiary/aromatic N) is 1. The molecule has 1 aliphatic rings. The lowest BCUT2D eigenvalue weighted by molar-refractivity contribution is 0.466. The molecule has 12 heavy (non-hydrogen) atoms. The Labute approximate surface area is 78.7 Å². The molecule has 5 heteroatoms. The largest absolute Gasteiger partial charge is 0.213 e. The van der Waals surface area contributed by atoms with Gasteiger partial charge in [0.05, 0.1) is 5.75 Å². The van der Waals surface area contributed by atoms with Crippen LogP contribution in [0.25, 0.3) is 0 Å². The smallest absolute Gasteiger partial charge is 0.212 e. The number of halogens is 1. The normalized spacial score (nSPS) is 26.3. The maximum absolute atomic E-state index is 11.3. The van der Waals surface area contributed by atoms with Crippen molar-refractivity contribution in [3.8, 4) is 0 Å². The minimum atomic E-state index is -2.97.